The maximum atomic E-state index is 10.6. The summed E-state index contributed by atoms with van der Waals surface area (Å²) in [5.41, 5.74) is 0. The van der Waals surface area contributed by atoms with Gasteiger partial charge in [0.1, 0.15) is 5.82 Å². The van der Waals surface area contributed by atoms with E-state index in [2.05, 4.69) is 14.5 Å². The number of carbonyl (C=O) groups is 1. The molecule has 1 aliphatic heterocycles. The lowest BCUT2D eigenvalue weighted by atomic mass is 9.94. The van der Waals surface area contributed by atoms with Gasteiger partial charge in [-0.15, -0.1) is 0 Å². The second-order valence-electron chi connectivity index (χ2n) is 5.05. The molecule has 2 rings (SSSR count). The summed E-state index contributed by atoms with van der Waals surface area (Å²) < 4.78 is 2.16. The number of aryl methyl sites for hydroxylation is 1. The predicted molar refractivity (Wildman–Crippen MR) is 68.4 cm³/mol. The average Bonchev–Trinajstić information content (AvgIpc) is 2.73. The van der Waals surface area contributed by atoms with Crippen LogP contribution in [0.5, 0.6) is 0 Å². The highest BCUT2D eigenvalue weighted by Crippen LogP contribution is 2.20. The Morgan fingerprint density at radius 3 is 2.72 bits per heavy atom. The molecule has 1 N–H and O–H groups in total. The van der Waals surface area contributed by atoms with Crippen molar-refractivity contribution in [2.24, 2.45) is 5.92 Å². The maximum Gasteiger partial charge on any atom is 0.303 e. The molecule has 0 amide bonds. The maximum absolute atomic E-state index is 10.6. The highest BCUT2D eigenvalue weighted by atomic mass is 16.4. The van der Waals surface area contributed by atoms with Gasteiger partial charge in [0.25, 0.3) is 0 Å². The van der Waals surface area contributed by atoms with Crippen molar-refractivity contribution in [2.75, 3.05) is 19.6 Å². The molecular weight excluding hydrogens is 230 g/mol. The van der Waals surface area contributed by atoms with Crippen LogP contribution in [0.2, 0.25) is 0 Å². The van der Waals surface area contributed by atoms with E-state index in [9.17, 15) is 4.79 Å². The first kappa shape index (κ1) is 13.1. The first-order valence-corrected chi connectivity index (χ1v) is 6.57. The molecule has 2 heterocycles. The molecule has 0 radical (unpaired) electrons. The van der Waals surface area contributed by atoms with Gasteiger partial charge in [0, 0.05) is 31.9 Å². The molecule has 0 spiro atoms. The van der Waals surface area contributed by atoms with Crippen LogP contribution in [-0.4, -0.2) is 45.2 Å². The molecule has 0 bridgehead atoms. The lowest BCUT2D eigenvalue weighted by Crippen LogP contribution is -2.36. The number of aliphatic carboxylic acids is 1. The van der Waals surface area contributed by atoms with Crippen molar-refractivity contribution in [3.8, 4) is 0 Å². The fourth-order valence-corrected chi connectivity index (χ4v) is 2.55. The van der Waals surface area contributed by atoms with E-state index >= 15 is 0 Å². The van der Waals surface area contributed by atoms with E-state index in [1.807, 2.05) is 19.3 Å². The lowest BCUT2D eigenvalue weighted by Gasteiger charge is -2.31. The zero-order chi connectivity index (χ0) is 13.0. The summed E-state index contributed by atoms with van der Waals surface area (Å²) in [5, 5.41) is 8.77. The van der Waals surface area contributed by atoms with Crippen molar-refractivity contribution in [3.05, 3.63) is 18.2 Å². The smallest absolute Gasteiger partial charge is 0.303 e. The molecule has 100 valence electrons. The Bertz CT molecular complexity index is 395. The van der Waals surface area contributed by atoms with E-state index in [1.54, 1.807) is 0 Å². The van der Waals surface area contributed by atoms with Crippen LogP contribution < -0.4 is 0 Å². The van der Waals surface area contributed by atoms with E-state index in [4.69, 9.17) is 5.11 Å². The van der Waals surface area contributed by atoms with Gasteiger partial charge in [0.15, 0.2) is 0 Å². The van der Waals surface area contributed by atoms with Crippen molar-refractivity contribution < 1.29 is 9.90 Å². The number of carboxylic acids is 1. The van der Waals surface area contributed by atoms with E-state index < -0.39 is 5.97 Å². The van der Waals surface area contributed by atoms with Gasteiger partial charge in [-0.25, -0.2) is 4.98 Å². The molecule has 1 fully saturated rings. The van der Waals surface area contributed by atoms with Crippen molar-refractivity contribution in [1.29, 1.82) is 0 Å². The number of rotatable bonds is 5. The quantitative estimate of drug-likeness (QED) is 0.859. The SMILES string of the molecule is Cc1nccn1CCN1CCC(CC(=O)O)CC1. The Kier molecular flexibility index (Phi) is 4.36. The summed E-state index contributed by atoms with van der Waals surface area (Å²) in [6.45, 7) is 6.04. The largest absolute Gasteiger partial charge is 0.481 e. The zero-order valence-corrected chi connectivity index (χ0v) is 10.9. The number of hydrogen-bond donors (Lipinski definition) is 1. The highest BCUT2D eigenvalue weighted by Gasteiger charge is 2.20. The summed E-state index contributed by atoms with van der Waals surface area (Å²) in [5.74, 6) is 0.756. The Hall–Kier alpha value is -1.36. The molecular formula is C13H21N3O2. The van der Waals surface area contributed by atoms with Crippen LogP contribution in [0.1, 0.15) is 25.1 Å². The van der Waals surface area contributed by atoms with Gasteiger partial charge in [0.05, 0.1) is 0 Å². The molecule has 5 nitrogen and oxygen atoms in total. The van der Waals surface area contributed by atoms with Gasteiger partial charge in [-0.2, -0.15) is 0 Å². The summed E-state index contributed by atoms with van der Waals surface area (Å²) >= 11 is 0. The monoisotopic (exact) mass is 251 g/mol. The van der Waals surface area contributed by atoms with Crippen LogP contribution in [0.25, 0.3) is 0 Å². The van der Waals surface area contributed by atoms with Crippen LogP contribution in [0.4, 0.5) is 0 Å². The molecule has 18 heavy (non-hydrogen) atoms. The van der Waals surface area contributed by atoms with Gasteiger partial charge in [-0.05, 0) is 38.8 Å². The topological polar surface area (TPSA) is 58.4 Å². The molecule has 1 aromatic heterocycles. The van der Waals surface area contributed by atoms with Crippen LogP contribution in [0.15, 0.2) is 12.4 Å². The van der Waals surface area contributed by atoms with E-state index in [0.29, 0.717) is 12.3 Å². The van der Waals surface area contributed by atoms with Crippen LogP contribution in [0, 0.1) is 12.8 Å². The Morgan fingerprint density at radius 2 is 2.17 bits per heavy atom. The number of imidazole rings is 1. The van der Waals surface area contributed by atoms with Crippen LogP contribution in [0.3, 0.4) is 0 Å². The van der Waals surface area contributed by atoms with Crippen LogP contribution in [-0.2, 0) is 11.3 Å². The number of carboxylic acid groups (broad SMARTS) is 1. The van der Waals surface area contributed by atoms with Crippen molar-refractivity contribution in [1.82, 2.24) is 14.5 Å². The van der Waals surface area contributed by atoms with Gasteiger partial charge in [-0.1, -0.05) is 0 Å². The molecule has 0 unspecified atom stereocenters. The van der Waals surface area contributed by atoms with Crippen molar-refractivity contribution in [3.63, 3.8) is 0 Å². The molecule has 0 aliphatic carbocycles. The highest BCUT2D eigenvalue weighted by molar-refractivity contribution is 5.67. The van der Waals surface area contributed by atoms with E-state index in [0.717, 1.165) is 44.8 Å². The normalized spacial score (nSPS) is 18.1. The van der Waals surface area contributed by atoms with Gasteiger partial charge in [0.2, 0.25) is 0 Å². The number of piperidine rings is 1. The molecule has 5 heteroatoms. The number of aromatic nitrogens is 2. The second-order valence-corrected chi connectivity index (χ2v) is 5.05. The van der Waals surface area contributed by atoms with Crippen molar-refractivity contribution >= 4 is 5.97 Å². The van der Waals surface area contributed by atoms with E-state index in [-0.39, 0.29) is 0 Å². The zero-order valence-electron chi connectivity index (χ0n) is 10.9. The standard InChI is InChI=1S/C13H21N3O2/c1-11-14-4-7-16(11)9-8-15-5-2-12(3-6-15)10-13(17)18/h4,7,12H,2-3,5-6,8-10H2,1H3,(H,17,18). The molecule has 1 aromatic rings. The predicted octanol–water partition coefficient (Wildman–Crippen LogP) is 1.38. The lowest BCUT2D eigenvalue weighted by molar-refractivity contribution is -0.138. The first-order valence-electron chi connectivity index (χ1n) is 6.57. The van der Waals surface area contributed by atoms with Gasteiger partial charge >= 0.3 is 5.97 Å². The minimum Gasteiger partial charge on any atom is -0.481 e. The molecule has 0 saturated carbocycles. The fraction of sp³-hybridized carbons (Fsp3) is 0.692. The molecule has 1 saturated heterocycles. The molecule has 1 aliphatic rings. The number of hydrogen-bond acceptors (Lipinski definition) is 3. The molecule has 0 aromatic carbocycles. The summed E-state index contributed by atoms with van der Waals surface area (Å²) in [7, 11) is 0. The third-order valence-corrected chi connectivity index (χ3v) is 3.75. The summed E-state index contributed by atoms with van der Waals surface area (Å²) in [6.07, 6.45) is 6.18. The molecule has 0 atom stereocenters. The summed E-state index contributed by atoms with van der Waals surface area (Å²) in [4.78, 5) is 17.3. The van der Waals surface area contributed by atoms with Crippen LogP contribution >= 0.6 is 0 Å². The van der Waals surface area contributed by atoms with E-state index in [1.165, 1.54) is 0 Å². The summed E-state index contributed by atoms with van der Waals surface area (Å²) in [6, 6.07) is 0. The van der Waals surface area contributed by atoms with Gasteiger partial charge < -0.3 is 14.6 Å². The van der Waals surface area contributed by atoms with Gasteiger partial charge in [-0.3, -0.25) is 4.79 Å². The minimum atomic E-state index is -0.664. The average molecular weight is 251 g/mol. The minimum absolute atomic E-state index is 0.328. The Balaban J connectivity index is 1.71. The second kappa shape index (κ2) is 6.00. The van der Waals surface area contributed by atoms with Crippen molar-refractivity contribution in [2.45, 2.75) is 32.7 Å². The Morgan fingerprint density at radius 1 is 1.44 bits per heavy atom. The Labute approximate surface area is 107 Å². The number of likely N-dealkylation sites (tertiary alicyclic amines) is 1. The fourth-order valence-electron chi connectivity index (χ4n) is 2.55. The first-order chi connectivity index (χ1) is 8.65. The third kappa shape index (κ3) is 3.57. The third-order valence-electron chi connectivity index (χ3n) is 3.75. The number of nitrogens with zero attached hydrogens (tertiary/aromatic N) is 3.